The molecule has 2 nitrogen and oxygen atoms in total. The zero-order chi connectivity index (χ0) is 15.3. The molecule has 3 heteroatoms. The molecule has 1 rings (SSSR count). The Hall–Kier alpha value is -1.09. The van der Waals surface area contributed by atoms with Gasteiger partial charge in [0, 0.05) is 8.07 Å². The van der Waals surface area contributed by atoms with Crippen LogP contribution in [0, 0.1) is 0 Å². The molecular formula is C17H28O2Si. The molecule has 0 saturated heterocycles. The molecule has 0 aromatic heterocycles. The van der Waals surface area contributed by atoms with E-state index in [0.29, 0.717) is 11.5 Å². The normalized spacial score (nSPS) is 13.3. The van der Waals surface area contributed by atoms with E-state index in [4.69, 9.17) is 4.74 Å². The molecule has 112 valence electrons. The van der Waals surface area contributed by atoms with Crippen LogP contribution in [0.5, 0.6) is 0 Å². The second-order valence-corrected chi connectivity index (χ2v) is 12.7. The number of benzene rings is 1. The van der Waals surface area contributed by atoms with Gasteiger partial charge in [-0.3, -0.25) is 0 Å². The smallest absolute Gasteiger partial charge is 0.338 e. The number of hydrogen-bond acceptors (Lipinski definition) is 2. The molecule has 0 N–H and O–H groups in total. The summed E-state index contributed by atoms with van der Waals surface area (Å²) in [5.41, 5.74) is 1.95. The van der Waals surface area contributed by atoms with Gasteiger partial charge in [0.2, 0.25) is 0 Å². The van der Waals surface area contributed by atoms with E-state index in [1.165, 1.54) is 18.0 Å². The van der Waals surface area contributed by atoms with Crippen LogP contribution in [0.2, 0.25) is 25.7 Å². The van der Waals surface area contributed by atoms with Gasteiger partial charge >= 0.3 is 5.97 Å². The first-order chi connectivity index (χ1) is 9.19. The maximum Gasteiger partial charge on any atom is 0.338 e. The molecule has 0 aliphatic carbocycles. The summed E-state index contributed by atoms with van der Waals surface area (Å²) in [5, 5.41) is 0. The van der Waals surface area contributed by atoms with Crippen LogP contribution in [0.15, 0.2) is 24.3 Å². The Morgan fingerprint density at radius 1 is 1.10 bits per heavy atom. The number of esters is 1. The standard InChI is InChI=1S/C17H28O2Si/c1-13(2)19-17(18)16-9-7-15(8-10-16)14(3)11-12-20(4,5)6/h7-10,13-14H,11-12H2,1-6H3. The first-order valence-electron chi connectivity index (χ1n) is 7.50. The van der Waals surface area contributed by atoms with E-state index >= 15 is 0 Å². The first-order valence-corrected chi connectivity index (χ1v) is 11.2. The van der Waals surface area contributed by atoms with E-state index in [0.717, 1.165) is 0 Å². The van der Waals surface area contributed by atoms with E-state index < -0.39 is 8.07 Å². The lowest BCUT2D eigenvalue weighted by atomic mass is 9.97. The molecule has 1 unspecified atom stereocenters. The largest absolute Gasteiger partial charge is 0.459 e. The highest BCUT2D eigenvalue weighted by molar-refractivity contribution is 6.76. The molecule has 0 saturated carbocycles. The summed E-state index contributed by atoms with van der Waals surface area (Å²) in [5.74, 6) is 0.318. The number of ether oxygens (including phenoxy) is 1. The van der Waals surface area contributed by atoms with Crippen molar-refractivity contribution >= 4 is 14.0 Å². The number of carbonyl (C=O) groups excluding carboxylic acids is 1. The highest BCUT2D eigenvalue weighted by atomic mass is 28.3. The third-order valence-corrected chi connectivity index (χ3v) is 5.17. The molecule has 20 heavy (non-hydrogen) atoms. The van der Waals surface area contributed by atoms with Crippen LogP contribution in [-0.2, 0) is 4.74 Å². The quantitative estimate of drug-likeness (QED) is 0.539. The fourth-order valence-corrected chi connectivity index (χ4v) is 3.35. The molecule has 0 aliphatic heterocycles. The average Bonchev–Trinajstić information content (AvgIpc) is 2.34. The Balaban J connectivity index is 2.64. The third kappa shape index (κ3) is 5.91. The van der Waals surface area contributed by atoms with Crippen molar-refractivity contribution in [3.05, 3.63) is 35.4 Å². The van der Waals surface area contributed by atoms with Crippen LogP contribution >= 0.6 is 0 Å². The topological polar surface area (TPSA) is 26.3 Å². The van der Waals surface area contributed by atoms with E-state index in [9.17, 15) is 4.79 Å². The Bertz CT molecular complexity index is 429. The van der Waals surface area contributed by atoms with Crippen molar-refractivity contribution in [2.45, 2.75) is 64.9 Å². The molecule has 0 bridgehead atoms. The summed E-state index contributed by atoms with van der Waals surface area (Å²) in [4.78, 5) is 11.8. The highest BCUT2D eigenvalue weighted by Gasteiger charge is 2.16. The monoisotopic (exact) mass is 292 g/mol. The molecular weight excluding hydrogens is 264 g/mol. The van der Waals surface area contributed by atoms with Crippen LogP contribution in [0.1, 0.15) is 49.0 Å². The molecule has 0 fully saturated rings. The minimum absolute atomic E-state index is 0.0714. The van der Waals surface area contributed by atoms with Crippen molar-refractivity contribution in [3.8, 4) is 0 Å². The molecule has 0 amide bonds. The van der Waals surface area contributed by atoms with Gasteiger partial charge in [-0.2, -0.15) is 0 Å². The van der Waals surface area contributed by atoms with E-state index in [1.807, 2.05) is 26.0 Å². The summed E-state index contributed by atoms with van der Waals surface area (Å²) in [6, 6.07) is 9.22. The van der Waals surface area contributed by atoms with Crippen LogP contribution in [0.4, 0.5) is 0 Å². The molecule has 0 spiro atoms. The van der Waals surface area contributed by atoms with E-state index in [1.54, 1.807) is 0 Å². The summed E-state index contributed by atoms with van der Waals surface area (Å²) < 4.78 is 5.20. The fourth-order valence-electron chi connectivity index (χ4n) is 2.05. The van der Waals surface area contributed by atoms with Gasteiger partial charge in [-0.1, -0.05) is 44.7 Å². The summed E-state index contributed by atoms with van der Waals surface area (Å²) >= 11 is 0. The predicted molar refractivity (Wildman–Crippen MR) is 88.2 cm³/mol. The summed E-state index contributed by atoms with van der Waals surface area (Å²) in [7, 11) is -0.974. The van der Waals surface area contributed by atoms with Crippen molar-refractivity contribution in [2.75, 3.05) is 0 Å². The van der Waals surface area contributed by atoms with Gasteiger partial charge in [0.05, 0.1) is 11.7 Å². The van der Waals surface area contributed by atoms with Crippen molar-refractivity contribution in [3.63, 3.8) is 0 Å². The van der Waals surface area contributed by atoms with Crippen LogP contribution in [0.25, 0.3) is 0 Å². The maximum absolute atomic E-state index is 11.8. The molecule has 0 radical (unpaired) electrons. The summed E-state index contributed by atoms with van der Waals surface area (Å²) in [6.07, 6.45) is 1.16. The van der Waals surface area contributed by atoms with Crippen LogP contribution in [-0.4, -0.2) is 20.1 Å². The zero-order valence-electron chi connectivity index (χ0n) is 13.7. The maximum atomic E-state index is 11.8. The lowest BCUT2D eigenvalue weighted by Gasteiger charge is -2.19. The second-order valence-electron chi connectivity index (χ2n) is 7.08. The summed E-state index contributed by atoms with van der Waals surface area (Å²) in [6.45, 7) is 13.2. The van der Waals surface area contributed by atoms with Gasteiger partial charge < -0.3 is 4.74 Å². The number of carbonyl (C=O) groups is 1. The molecule has 0 aliphatic rings. The Kier molecular flexibility index (Phi) is 6.00. The van der Waals surface area contributed by atoms with Gasteiger partial charge in [0.25, 0.3) is 0 Å². The van der Waals surface area contributed by atoms with Gasteiger partial charge in [0.1, 0.15) is 0 Å². The van der Waals surface area contributed by atoms with Crippen LogP contribution in [0.3, 0.4) is 0 Å². The lowest BCUT2D eigenvalue weighted by molar-refractivity contribution is 0.0378. The highest BCUT2D eigenvalue weighted by Crippen LogP contribution is 2.25. The molecule has 1 atom stereocenters. The van der Waals surface area contributed by atoms with E-state index in [-0.39, 0.29) is 12.1 Å². The minimum atomic E-state index is -0.974. The molecule has 1 aromatic carbocycles. The van der Waals surface area contributed by atoms with Crippen molar-refractivity contribution in [2.24, 2.45) is 0 Å². The van der Waals surface area contributed by atoms with Gasteiger partial charge in [-0.15, -0.1) is 0 Å². The lowest BCUT2D eigenvalue weighted by Crippen LogP contribution is -2.19. The van der Waals surface area contributed by atoms with Crippen molar-refractivity contribution < 1.29 is 9.53 Å². The SMILES string of the molecule is CC(C)OC(=O)c1ccc(C(C)CC[Si](C)(C)C)cc1. The Morgan fingerprint density at radius 3 is 2.10 bits per heavy atom. The number of rotatable bonds is 6. The van der Waals surface area contributed by atoms with Crippen molar-refractivity contribution in [1.29, 1.82) is 0 Å². The van der Waals surface area contributed by atoms with E-state index in [2.05, 4.69) is 38.7 Å². The van der Waals surface area contributed by atoms with Gasteiger partial charge in [-0.05, 0) is 43.9 Å². The number of hydrogen-bond donors (Lipinski definition) is 0. The van der Waals surface area contributed by atoms with Crippen LogP contribution < -0.4 is 0 Å². The Labute approximate surface area is 124 Å². The van der Waals surface area contributed by atoms with Crippen molar-refractivity contribution in [1.82, 2.24) is 0 Å². The second kappa shape index (κ2) is 7.07. The van der Waals surface area contributed by atoms with Gasteiger partial charge in [-0.25, -0.2) is 4.79 Å². The fraction of sp³-hybridized carbons (Fsp3) is 0.588. The minimum Gasteiger partial charge on any atom is -0.459 e. The Morgan fingerprint density at radius 2 is 1.65 bits per heavy atom. The third-order valence-electron chi connectivity index (χ3n) is 3.39. The molecule has 1 aromatic rings. The first kappa shape index (κ1) is 17.0. The zero-order valence-corrected chi connectivity index (χ0v) is 14.7. The van der Waals surface area contributed by atoms with Gasteiger partial charge in [0.15, 0.2) is 0 Å². The predicted octanol–water partition coefficient (Wildman–Crippen LogP) is 5.08. The molecule has 0 heterocycles. The average molecular weight is 292 g/mol.